The highest BCUT2D eigenvalue weighted by atomic mass is 16.5. The molecule has 17 heavy (non-hydrogen) atoms. The van der Waals surface area contributed by atoms with E-state index in [1.807, 2.05) is 12.1 Å². The predicted octanol–water partition coefficient (Wildman–Crippen LogP) is 4.08. The minimum atomic E-state index is 0.838. The Labute approximate surface area is 105 Å². The maximum absolute atomic E-state index is 11.0. The highest BCUT2D eigenvalue weighted by molar-refractivity contribution is 5.46. The van der Waals surface area contributed by atoms with Gasteiger partial charge in [-0.2, -0.15) is 4.73 Å². The van der Waals surface area contributed by atoms with Crippen molar-refractivity contribution in [2.75, 3.05) is 0 Å². The van der Waals surface area contributed by atoms with Crippen LogP contribution < -0.4 is 4.73 Å². The van der Waals surface area contributed by atoms with Crippen molar-refractivity contribution in [2.45, 2.75) is 51.9 Å². The fourth-order valence-electron chi connectivity index (χ4n) is 1.83. The van der Waals surface area contributed by atoms with Gasteiger partial charge in [0.2, 0.25) is 0 Å². The van der Waals surface area contributed by atoms with Gasteiger partial charge in [0.05, 0.1) is 0 Å². The molecular weight excluding hydrogens is 210 g/mol. The van der Waals surface area contributed by atoms with Crippen molar-refractivity contribution in [1.82, 2.24) is 0 Å². The molecule has 0 aliphatic carbocycles. The Balaban J connectivity index is 2.10. The minimum absolute atomic E-state index is 0.838. The summed E-state index contributed by atoms with van der Waals surface area (Å²) in [7, 11) is 0. The van der Waals surface area contributed by atoms with Crippen LogP contribution in [0.25, 0.3) is 6.08 Å². The summed E-state index contributed by atoms with van der Waals surface area (Å²) in [4.78, 5) is 0. The Hall–Kier alpha value is -1.31. The number of hydrogen-bond donors (Lipinski definition) is 0. The fraction of sp³-hybridized carbons (Fsp3) is 0.533. The second-order valence-corrected chi connectivity index (χ2v) is 4.46. The summed E-state index contributed by atoms with van der Waals surface area (Å²) in [5.74, 6) is 0. The molecule has 1 aromatic heterocycles. The molecule has 1 heterocycles. The highest BCUT2D eigenvalue weighted by Crippen LogP contribution is 2.08. The first-order valence-electron chi connectivity index (χ1n) is 6.68. The summed E-state index contributed by atoms with van der Waals surface area (Å²) >= 11 is 0. The van der Waals surface area contributed by atoms with Gasteiger partial charge < -0.3 is 5.21 Å². The average Bonchev–Trinajstić information content (AvgIpc) is 2.33. The van der Waals surface area contributed by atoms with E-state index < -0.39 is 0 Å². The van der Waals surface area contributed by atoms with Crippen LogP contribution in [0.5, 0.6) is 0 Å². The number of nitrogens with zero attached hydrogens (tertiary/aromatic N) is 1. The van der Waals surface area contributed by atoms with Gasteiger partial charge in [0.1, 0.15) is 0 Å². The zero-order valence-corrected chi connectivity index (χ0v) is 10.8. The number of hydrogen-bond acceptors (Lipinski definition) is 1. The molecule has 0 aliphatic rings. The Morgan fingerprint density at radius 2 is 1.94 bits per heavy atom. The lowest BCUT2D eigenvalue weighted by Crippen LogP contribution is -2.24. The number of unbranched alkanes of at least 4 members (excludes halogenated alkanes) is 6. The van der Waals surface area contributed by atoms with Gasteiger partial charge in [-0.05, 0) is 18.9 Å². The monoisotopic (exact) mass is 233 g/mol. The lowest BCUT2D eigenvalue weighted by molar-refractivity contribution is -0.605. The number of allylic oxidation sites excluding steroid dienone is 1. The van der Waals surface area contributed by atoms with E-state index in [-0.39, 0.29) is 0 Å². The van der Waals surface area contributed by atoms with Crippen LogP contribution >= 0.6 is 0 Å². The van der Waals surface area contributed by atoms with E-state index in [1.165, 1.54) is 44.7 Å². The third-order valence-corrected chi connectivity index (χ3v) is 2.83. The zero-order valence-electron chi connectivity index (χ0n) is 10.8. The van der Waals surface area contributed by atoms with E-state index in [0.29, 0.717) is 0 Å². The Bertz CT molecular complexity index is 333. The van der Waals surface area contributed by atoms with Crippen molar-refractivity contribution in [2.24, 2.45) is 0 Å². The molecule has 0 saturated heterocycles. The van der Waals surface area contributed by atoms with Crippen LogP contribution in [0.15, 0.2) is 30.6 Å². The van der Waals surface area contributed by atoms with Crippen LogP contribution in [-0.2, 0) is 0 Å². The average molecular weight is 233 g/mol. The van der Waals surface area contributed by atoms with E-state index in [1.54, 1.807) is 12.3 Å². The SMILES string of the molecule is CCCCCCCC/C=C/c1ccc[n+]([O-])c1. The molecule has 0 atom stereocenters. The lowest BCUT2D eigenvalue weighted by Gasteiger charge is -1.98. The molecule has 0 bridgehead atoms. The van der Waals surface area contributed by atoms with Gasteiger partial charge in [-0.1, -0.05) is 51.2 Å². The van der Waals surface area contributed by atoms with Gasteiger partial charge >= 0.3 is 0 Å². The molecule has 2 nitrogen and oxygen atoms in total. The number of rotatable bonds is 8. The Morgan fingerprint density at radius 3 is 2.71 bits per heavy atom. The van der Waals surface area contributed by atoms with Gasteiger partial charge in [0, 0.05) is 11.6 Å². The molecular formula is C15H23NO. The maximum atomic E-state index is 11.0. The third-order valence-electron chi connectivity index (χ3n) is 2.83. The van der Waals surface area contributed by atoms with Gasteiger partial charge in [-0.3, -0.25) is 0 Å². The summed E-state index contributed by atoms with van der Waals surface area (Å²) in [6.45, 7) is 2.24. The zero-order chi connectivity index (χ0) is 12.3. The minimum Gasteiger partial charge on any atom is -0.619 e. The fourth-order valence-corrected chi connectivity index (χ4v) is 1.83. The highest BCUT2D eigenvalue weighted by Gasteiger charge is 1.91. The molecule has 1 rings (SSSR count). The van der Waals surface area contributed by atoms with Crippen molar-refractivity contribution < 1.29 is 4.73 Å². The summed E-state index contributed by atoms with van der Waals surface area (Å²) in [6.07, 6.45) is 16.4. The maximum Gasteiger partial charge on any atom is 0.187 e. The largest absolute Gasteiger partial charge is 0.619 e. The van der Waals surface area contributed by atoms with Crippen molar-refractivity contribution in [3.63, 3.8) is 0 Å². The molecule has 0 amide bonds. The van der Waals surface area contributed by atoms with Crippen molar-refractivity contribution in [1.29, 1.82) is 0 Å². The van der Waals surface area contributed by atoms with Gasteiger partial charge in [0.15, 0.2) is 12.4 Å². The molecule has 0 spiro atoms. The van der Waals surface area contributed by atoms with Crippen molar-refractivity contribution >= 4 is 6.08 Å². The molecule has 0 saturated carbocycles. The van der Waals surface area contributed by atoms with Crippen LogP contribution in [0.2, 0.25) is 0 Å². The summed E-state index contributed by atoms with van der Waals surface area (Å²) in [6, 6.07) is 3.73. The number of pyridine rings is 1. The molecule has 0 fully saturated rings. The quantitative estimate of drug-likeness (QED) is 0.377. The summed E-state index contributed by atoms with van der Waals surface area (Å²) in [5, 5.41) is 11.0. The topological polar surface area (TPSA) is 26.9 Å². The van der Waals surface area contributed by atoms with Crippen molar-refractivity contribution in [3.05, 3.63) is 41.4 Å². The smallest absolute Gasteiger partial charge is 0.187 e. The second-order valence-electron chi connectivity index (χ2n) is 4.46. The Morgan fingerprint density at radius 1 is 1.18 bits per heavy atom. The van der Waals surface area contributed by atoms with Gasteiger partial charge in [0.25, 0.3) is 0 Å². The van der Waals surface area contributed by atoms with E-state index in [2.05, 4.69) is 13.0 Å². The Kier molecular flexibility index (Phi) is 7.12. The molecule has 94 valence electrons. The van der Waals surface area contributed by atoms with Crippen LogP contribution in [0.3, 0.4) is 0 Å². The standard InChI is InChI=1S/C15H23NO/c1-2-3-4-5-6-7-8-9-11-15-12-10-13-16(17)14-15/h9-14H,2-8H2,1H3/b11-9+. The number of aromatic nitrogens is 1. The predicted molar refractivity (Wildman–Crippen MR) is 72.4 cm³/mol. The van der Waals surface area contributed by atoms with Crippen LogP contribution in [0.4, 0.5) is 0 Å². The molecule has 0 unspecified atom stereocenters. The van der Waals surface area contributed by atoms with Crippen LogP contribution in [0.1, 0.15) is 57.4 Å². The molecule has 0 aliphatic heterocycles. The first-order chi connectivity index (χ1) is 8.33. The molecule has 0 aromatic carbocycles. The van der Waals surface area contributed by atoms with E-state index in [0.717, 1.165) is 16.7 Å². The molecule has 2 heteroatoms. The van der Waals surface area contributed by atoms with E-state index in [9.17, 15) is 5.21 Å². The first-order valence-corrected chi connectivity index (χ1v) is 6.68. The van der Waals surface area contributed by atoms with Gasteiger partial charge in [-0.25, -0.2) is 0 Å². The van der Waals surface area contributed by atoms with Crippen molar-refractivity contribution in [3.8, 4) is 0 Å². The van der Waals surface area contributed by atoms with Gasteiger partial charge in [-0.15, -0.1) is 0 Å². The molecule has 1 aromatic rings. The molecule has 0 N–H and O–H groups in total. The molecule has 0 radical (unpaired) electrons. The van der Waals surface area contributed by atoms with Crippen LogP contribution in [-0.4, -0.2) is 0 Å². The lowest BCUT2D eigenvalue weighted by atomic mass is 10.1. The normalized spacial score (nSPS) is 11.1. The summed E-state index contributed by atoms with van der Waals surface area (Å²) in [5.41, 5.74) is 0.980. The second kappa shape index (κ2) is 8.80. The van der Waals surface area contributed by atoms with E-state index >= 15 is 0 Å². The van der Waals surface area contributed by atoms with E-state index in [4.69, 9.17) is 0 Å². The summed E-state index contributed by atoms with van der Waals surface area (Å²) < 4.78 is 0.838. The third kappa shape index (κ3) is 6.77. The van der Waals surface area contributed by atoms with Crippen LogP contribution in [0, 0.1) is 5.21 Å². The first kappa shape index (κ1) is 13.8.